The standard InChI is InChI=1S/C9H20N2/c1-3-6-11-7-4-9(2)10-5-8-11/h9-10H,3-8H2,1-2H3. The van der Waals surface area contributed by atoms with E-state index in [4.69, 9.17) is 0 Å². The highest BCUT2D eigenvalue weighted by atomic mass is 15.2. The van der Waals surface area contributed by atoms with Crippen LogP contribution in [0, 0.1) is 0 Å². The van der Waals surface area contributed by atoms with Crippen LogP contribution in [0.5, 0.6) is 0 Å². The molecule has 0 saturated carbocycles. The Bertz CT molecular complexity index is 104. The van der Waals surface area contributed by atoms with Gasteiger partial charge < -0.3 is 10.2 Å². The number of nitrogens with one attached hydrogen (secondary N) is 1. The van der Waals surface area contributed by atoms with Crippen LogP contribution in [-0.4, -0.2) is 37.1 Å². The van der Waals surface area contributed by atoms with Crippen LogP contribution in [0.1, 0.15) is 26.7 Å². The van der Waals surface area contributed by atoms with E-state index in [0.29, 0.717) is 0 Å². The summed E-state index contributed by atoms with van der Waals surface area (Å²) in [6.45, 7) is 9.48. The molecule has 0 aromatic heterocycles. The quantitative estimate of drug-likeness (QED) is 0.643. The molecule has 0 amide bonds. The van der Waals surface area contributed by atoms with E-state index in [2.05, 4.69) is 24.1 Å². The fourth-order valence-electron chi connectivity index (χ4n) is 1.60. The molecule has 1 fully saturated rings. The van der Waals surface area contributed by atoms with Crippen molar-refractivity contribution in [3.63, 3.8) is 0 Å². The molecule has 1 aliphatic heterocycles. The van der Waals surface area contributed by atoms with Crippen molar-refractivity contribution in [2.24, 2.45) is 0 Å². The molecule has 1 unspecified atom stereocenters. The van der Waals surface area contributed by atoms with E-state index in [9.17, 15) is 0 Å². The number of rotatable bonds is 2. The lowest BCUT2D eigenvalue weighted by molar-refractivity contribution is 0.291. The summed E-state index contributed by atoms with van der Waals surface area (Å²) in [5, 5.41) is 3.49. The fraction of sp³-hybridized carbons (Fsp3) is 1.00. The Morgan fingerprint density at radius 3 is 3.00 bits per heavy atom. The van der Waals surface area contributed by atoms with Crippen molar-refractivity contribution in [3.05, 3.63) is 0 Å². The first-order valence-corrected chi connectivity index (χ1v) is 4.78. The van der Waals surface area contributed by atoms with Crippen LogP contribution < -0.4 is 5.32 Å². The summed E-state index contributed by atoms with van der Waals surface area (Å²) >= 11 is 0. The van der Waals surface area contributed by atoms with Crippen LogP contribution in [0.3, 0.4) is 0 Å². The smallest absolute Gasteiger partial charge is 0.0107 e. The van der Waals surface area contributed by atoms with Crippen LogP contribution in [0.25, 0.3) is 0 Å². The van der Waals surface area contributed by atoms with Gasteiger partial charge in [0, 0.05) is 19.1 Å². The summed E-state index contributed by atoms with van der Waals surface area (Å²) in [7, 11) is 0. The first-order chi connectivity index (χ1) is 5.33. The highest BCUT2D eigenvalue weighted by molar-refractivity contribution is 4.70. The minimum Gasteiger partial charge on any atom is -0.313 e. The van der Waals surface area contributed by atoms with Gasteiger partial charge in [-0.25, -0.2) is 0 Å². The molecule has 1 N–H and O–H groups in total. The largest absolute Gasteiger partial charge is 0.313 e. The van der Waals surface area contributed by atoms with Gasteiger partial charge in [-0.2, -0.15) is 0 Å². The van der Waals surface area contributed by atoms with Gasteiger partial charge >= 0.3 is 0 Å². The Hall–Kier alpha value is -0.0800. The third-order valence-corrected chi connectivity index (χ3v) is 2.34. The normalized spacial score (nSPS) is 28.4. The molecular weight excluding hydrogens is 136 g/mol. The Morgan fingerprint density at radius 1 is 1.45 bits per heavy atom. The lowest BCUT2D eigenvalue weighted by Gasteiger charge is -2.17. The molecule has 1 heterocycles. The van der Waals surface area contributed by atoms with E-state index in [0.717, 1.165) is 6.04 Å². The van der Waals surface area contributed by atoms with Crippen molar-refractivity contribution < 1.29 is 0 Å². The van der Waals surface area contributed by atoms with E-state index in [1.165, 1.54) is 39.0 Å². The van der Waals surface area contributed by atoms with Gasteiger partial charge in [0.2, 0.25) is 0 Å². The summed E-state index contributed by atoms with van der Waals surface area (Å²) in [6.07, 6.45) is 2.59. The van der Waals surface area contributed by atoms with Gasteiger partial charge in [-0.05, 0) is 32.9 Å². The van der Waals surface area contributed by atoms with Gasteiger partial charge in [0.15, 0.2) is 0 Å². The molecule has 2 heteroatoms. The average Bonchev–Trinajstić information content (AvgIpc) is 2.17. The predicted molar refractivity (Wildman–Crippen MR) is 48.8 cm³/mol. The van der Waals surface area contributed by atoms with Gasteiger partial charge in [-0.3, -0.25) is 0 Å². The lowest BCUT2D eigenvalue weighted by atomic mass is 10.2. The third-order valence-electron chi connectivity index (χ3n) is 2.34. The third kappa shape index (κ3) is 3.21. The highest BCUT2D eigenvalue weighted by Gasteiger charge is 2.10. The van der Waals surface area contributed by atoms with Crippen LogP contribution in [-0.2, 0) is 0 Å². The summed E-state index contributed by atoms with van der Waals surface area (Å²) in [5.41, 5.74) is 0. The molecule has 0 spiro atoms. The molecule has 1 saturated heterocycles. The molecule has 11 heavy (non-hydrogen) atoms. The second-order valence-electron chi connectivity index (χ2n) is 3.49. The average molecular weight is 156 g/mol. The molecule has 66 valence electrons. The molecule has 0 aromatic carbocycles. The Balaban J connectivity index is 2.22. The van der Waals surface area contributed by atoms with Crippen LogP contribution in [0.15, 0.2) is 0 Å². The minimum absolute atomic E-state index is 0.719. The van der Waals surface area contributed by atoms with Crippen molar-refractivity contribution in [2.75, 3.05) is 26.2 Å². The zero-order chi connectivity index (χ0) is 8.10. The minimum atomic E-state index is 0.719. The molecule has 0 aliphatic carbocycles. The summed E-state index contributed by atoms with van der Waals surface area (Å²) in [4.78, 5) is 2.55. The van der Waals surface area contributed by atoms with Gasteiger partial charge in [0.05, 0.1) is 0 Å². The number of nitrogens with zero attached hydrogens (tertiary/aromatic N) is 1. The van der Waals surface area contributed by atoms with Crippen LogP contribution >= 0.6 is 0 Å². The van der Waals surface area contributed by atoms with Crippen molar-refractivity contribution >= 4 is 0 Å². The second kappa shape index (κ2) is 4.73. The Labute approximate surface area is 70.0 Å². The van der Waals surface area contributed by atoms with Crippen molar-refractivity contribution in [2.45, 2.75) is 32.7 Å². The van der Waals surface area contributed by atoms with Gasteiger partial charge in [0.25, 0.3) is 0 Å². The zero-order valence-electron chi connectivity index (χ0n) is 7.77. The molecule has 0 aromatic rings. The lowest BCUT2D eigenvalue weighted by Crippen LogP contribution is -2.29. The second-order valence-corrected chi connectivity index (χ2v) is 3.49. The number of hydrogen-bond acceptors (Lipinski definition) is 2. The van der Waals surface area contributed by atoms with Crippen molar-refractivity contribution in [1.29, 1.82) is 0 Å². The van der Waals surface area contributed by atoms with Crippen molar-refractivity contribution in [1.82, 2.24) is 10.2 Å². The van der Waals surface area contributed by atoms with Crippen LogP contribution in [0.2, 0.25) is 0 Å². The monoisotopic (exact) mass is 156 g/mol. The molecule has 2 nitrogen and oxygen atoms in total. The van der Waals surface area contributed by atoms with Crippen LogP contribution in [0.4, 0.5) is 0 Å². The first kappa shape index (κ1) is 9.01. The van der Waals surface area contributed by atoms with E-state index < -0.39 is 0 Å². The van der Waals surface area contributed by atoms with Gasteiger partial charge in [-0.15, -0.1) is 0 Å². The molecule has 1 atom stereocenters. The maximum absolute atomic E-state index is 3.49. The summed E-state index contributed by atoms with van der Waals surface area (Å²) in [6, 6.07) is 0.719. The Kier molecular flexibility index (Phi) is 3.87. The zero-order valence-corrected chi connectivity index (χ0v) is 7.77. The van der Waals surface area contributed by atoms with Gasteiger partial charge in [-0.1, -0.05) is 6.92 Å². The summed E-state index contributed by atoms with van der Waals surface area (Å²) < 4.78 is 0. The molecule has 1 aliphatic rings. The van der Waals surface area contributed by atoms with E-state index in [-0.39, 0.29) is 0 Å². The Morgan fingerprint density at radius 2 is 2.27 bits per heavy atom. The SMILES string of the molecule is CCCN1CCNC(C)CC1. The maximum atomic E-state index is 3.49. The highest BCUT2D eigenvalue weighted by Crippen LogP contribution is 2.00. The molecule has 1 rings (SSSR count). The van der Waals surface area contributed by atoms with E-state index >= 15 is 0 Å². The molecular formula is C9H20N2. The first-order valence-electron chi connectivity index (χ1n) is 4.78. The predicted octanol–water partition coefficient (Wildman–Crippen LogP) is 1.08. The van der Waals surface area contributed by atoms with Crippen molar-refractivity contribution in [3.8, 4) is 0 Å². The topological polar surface area (TPSA) is 15.3 Å². The van der Waals surface area contributed by atoms with E-state index in [1.807, 2.05) is 0 Å². The van der Waals surface area contributed by atoms with Gasteiger partial charge in [0.1, 0.15) is 0 Å². The molecule has 0 bridgehead atoms. The summed E-state index contributed by atoms with van der Waals surface area (Å²) in [5.74, 6) is 0. The fourth-order valence-corrected chi connectivity index (χ4v) is 1.60. The molecule has 0 radical (unpaired) electrons. The number of hydrogen-bond donors (Lipinski definition) is 1. The maximum Gasteiger partial charge on any atom is 0.0107 e. The van der Waals surface area contributed by atoms with E-state index in [1.54, 1.807) is 0 Å².